The van der Waals surface area contributed by atoms with Crippen LogP contribution in [0.15, 0.2) is 11.1 Å². The van der Waals surface area contributed by atoms with Gasteiger partial charge >= 0.3 is 0 Å². The van der Waals surface area contributed by atoms with Gasteiger partial charge in [-0.1, -0.05) is 6.92 Å². The standard InChI is InChI=1S/C11H20N4O3S/c1-2-5-14-8-10(11(12)13-14)19(17,18)15-6-3-9(16)4-7-15/h8-9,16H,2-7H2,1H3,(H2,12,13). The molecule has 0 bridgehead atoms. The van der Waals surface area contributed by atoms with Gasteiger partial charge in [-0.05, 0) is 19.3 Å². The van der Waals surface area contributed by atoms with Gasteiger partial charge < -0.3 is 10.8 Å². The SMILES string of the molecule is CCCn1cc(S(=O)(=O)N2CCC(O)CC2)c(N)n1. The van der Waals surface area contributed by atoms with E-state index in [-0.39, 0.29) is 10.7 Å². The molecule has 0 aromatic carbocycles. The molecule has 0 radical (unpaired) electrons. The maximum Gasteiger partial charge on any atom is 0.248 e. The molecule has 8 heteroatoms. The van der Waals surface area contributed by atoms with Crippen LogP contribution in [0.5, 0.6) is 0 Å². The summed E-state index contributed by atoms with van der Waals surface area (Å²) in [4.78, 5) is 0.0670. The van der Waals surface area contributed by atoms with Crippen LogP contribution in [-0.2, 0) is 16.6 Å². The fourth-order valence-corrected chi connectivity index (χ4v) is 3.71. The molecule has 19 heavy (non-hydrogen) atoms. The molecular weight excluding hydrogens is 268 g/mol. The summed E-state index contributed by atoms with van der Waals surface area (Å²) in [7, 11) is -3.60. The number of piperidine rings is 1. The molecule has 1 fully saturated rings. The van der Waals surface area contributed by atoms with Crippen molar-refractivity contribution in [1.29, 1.82) is 0 Å². The molecule has 0 amide bonds. The van der Waals surface area contributed by atoms with Crippen LogP contribution in [0, 0.1) is 0 Å². The lowest BCUT2D eigenvalue weighted by Crippen LogP contribution is -2.40. The molecular formula is C11H20N4O3S. The van der Waals surface area contributed by atoms with Crippen molar-refractivity contribution in [2.75, 3.05) is 18.8 Å². The number of rotatable bonds is 4. The number of nitrogens with zero attached hydrogens (tertiary/aromatic N) is 3. The first kappa shape index (κ1) is 14.3. The largest absolute Gasteiger partial charge is 0.393 e. The molecule has 0 atom stereocenters. The van der Waals surface area contributed by atoms with E-state index in [4.69, 9.17) is 5.73 Å². The van der Waals surface area contributed by atoms with Crippen LogP contribution < -0.4 is 5.73 Å². The predicted molar refractivity (Wildman–Crippen MR) is 70.9 cm³/mol. The quantitative estimate of drug-likeness (QED) is 0.813. The van der Waals surface area contributed by atoms with Crippen LogP contribution in [0.3, 0.4) is 0 Å². The van der Waals surface area contributed by atoms with Crippen molar-refractivity contribution < 1.29 is 13.5 Å². The Hall–Kier alpha value is -1.12. The van der Waals surface area contributed by atoms with Gasteiger partial charge in [0.2, 0.25) is 10.0 Å². The van der Waals surface area contributed by atoms with Crippen molar-refractivity contribution in [3.63, 3.8) is 0 Å². The number of hydrogen-bond acceptors (Lipinski definition) is 5. The van der Waals surface area contributed by atoms with Crippen LogP contribution in [0.4, 0.5) is 5.82 Å². The van der Waals surface area contributed by atoms with Gasteiger partial charge in [-0.25, -0.2) is 8.42 Å². The van der Waals surface area contributed by atoms with E-state index in [1.165, 1.54) is 10.5 Å². The van der Waals surface area contributed by atoms with Gasteiger partial charge in [0.15, 0.2) is 5.82 Å². The lowest BCUT2D eigenvalue weighted by Gasteiger charge is -2.28. The van der Waals surface area contributed by atoms with E-state index in [0.717, 1.165) is 6.42 Å². The summed E-state index contributed by atoms with van der Waals surface area (Å²) in [5, 5.41) is 13.4. The van der Waals surface area contributed by atoms with Crippen molar-refractivity contribution in [1.82, 2.24) is 14.1 Å². The molecule has 0 unspecified atom stereocenters. The molecule has 0 spiro atoms. The number of nitrogens with two attached hydrogens (primary N) is 1. The molecule has 1 saturated heterocycles. The van der Waals surface area contributed by atoms with Crippen LogP contribution >= 0.6 is 0 Å². The average molecular weight is 288 g/mol. The van der Waals surface area contributed by atoms with E-state index in [9.17, 15) is 13.5 Å². The Morgan fingerprint density at radius 1 is 1.47 bits per heavy atom. The lowest BCUT2D eigenvalue weighted by molar-refractivity contribution is 0.113. The Bertz CT molecular complexity index is 532. The molecule has 1 aliphatic heterocycles. The number of sulfonamides is 1. The maximum atomic E-state index is 12.4. The molecule has 0 saturated carbocycles. The number of nitrogen functional groups attached to an aromatic ring is 1. The highest BCUT2D eigenvalue weighted by Gasteiger charge is 2.31. The van der Waals surface area contributed by atoms with E-state index in [1.807, 2.05) is 6.92 Å². The second kappa shape index (κ2) is 5.48. The Morgan fingerprint density at radius 2 is 2.11 bits per heavy atom. The van der Waals surface area contributed by atoms with E-state index in [0.29, 0.717) is 32.5 Å². The highest BCUT2D eigenvalue weighted by Crippen LogP contribution is 2.24. The molecule has 1 aromatic heterocycles. The first-order chi connectivity index (χ1) is 8.95. The highest BCUT2D eigenvalue weighted by molar-refractivity contribution is 7.89. The van der Waals surface area contributed by atoms with Gasteiger partial charge in [0.1, 0.15) is 4.90 Å². The van der Waals surface area contributed by atoms with E-state index < -0.39 is 16.1 Å². The topological polar surface area (TPSA) is 101 Å². The Labute approximate surface area is 113 Å². The molecule has 3 N–H and O–H groups in total. The van der Waals surface area contributed by atoms with Gasteiger partial charge in [-0.2, -0.15) is 9.40 Å². The van der Waals surface area contributed by atoms with Gasteiger partial charge in [0.25, 0.3) is 0 Å². The van der Waals surface area contributed by atoms with E-state index in [2.05, 4.69) is 5.10 Å². The van der Waals surface area contributed by atoms with Crippen LogP contribution in [-0.4, -0.2) is 46.8 Å². The van der Waals surface area contributed by atoms with Gasteiger partial charge in [-0.15, -0.1) is 0 Å². The summed E-state index contributed by atoms with van der Waals surface area (Å²) in [6, 6.07) is 0. The lowest BCUT2D eigenvalue weighted by atomic mass is 10.1. The van der Waals surface area contributed by atoms with Crippen molar-refractivity contribution in [2.24, 2.45) is 0 Å². The summed E-state index contributed by atoms with van der Waals surface area (Å²) in [6.45, 7) is 3.26. The fourth-order valence-electron chi connectivity index (χ4n) is 2.18. The normalized spacial score (nSPS) is 18.8. The van der Waals surface area contributed by atoms with Crippen molar-refractivity contribution >= 4 is 15.8 Å². The van der Waals surface area contributed by atoms with Gasteiger partial charge in [0.05, 0.1) is 6.10 Å². The second-order valence-corrected chi connectivity index (χ2v) is 6.68. The minimum atomic E-state index is -3.60. The number of aliphatic hydroxyl groups is 1. The minimum Gasteiger partial charge on any atom is -0.393 e. The second-order valence-electron chi connectivity index (χ2n) is 4.78. The third-order valence-corrected chi connectivity index (χ3v) is 5.16. The third kappa shape index (κ3) is 2.90. The van der Waals surface area contributed by atoms with Crippen molar-refractivity contribution in [3.05, 3.63) is 6.20 Å². The van der Waals surface area contributed by atoms with E-state index in [1.54, 1.807) is 4.68 Å². The van der Waals surface area contributed by atoms with Crippen molar-refractivity contribution in [3.8, 4) is 0 Å². The summed E-state index contributed by atoms with van der Waals surface area (Å²) in [5.74, 6) is 0.0413. The zero-order chi connectivity index (χ0) is 14.0. The van der Waals surface area contributed by atoms with Crippen molar-refractivity contribution in [2.45, 2.75) is 43.7 Å². The number of hydrogen-bond donors (Lipinski definition) is 2. The zero-order valence-electron chi connectivity index (χ0n) is 11.0. The smallest absolute Gasteiger partial charge is 0.248 e. The number of anilines is 1. The summed E-state index contributed by atoms with van der Waals surface area (Å²) < 4.78 is 27.8. The molecule has 2 rings (SSSR count). The number of aliphatic hydroxyl groups excluding tert-OH is 1. The Balaban J connectivity index is 2.24. The number of aromatic nitrogens is 2. The Kier molecular flexibility index (Phi) is 4.12. The molecule has 1 aromatic rings. The fraction of sp³-hybridized carbons (Fsp3) is 0.727. The monoisotopic (exact) mass is 288 g/mol. The zero-order valence-corrected chi connectivity index (χ0v) is 11.8. The predicted octanol–water partition coefficient (Wildman–Crippen LogP) is 0.0207. The highest BCUT2D eigenvalue weighted by atomic mass is 32.2. The van der Waals surface area contributed by atoms with E-state index >= 15 is 0 Å². The molecule has 108 valence electrons. The summed E-state index contributed by atoms with van der Waals surface area (Å²) in [6.07, 6.45) is 2.85. The summed E-state index contributed by atoms with van der Waals surface area (Å²) in [5.41, 5.74) is 5.70. The number of aryl methyl sites for hydroxylation is 1. The minimum absolute atomic E-state index is 0.0413. The van der Waals surface area contributed by atoms with Gasteiger partial charge in [-0.3, -0.25) is 4.68 Å². The Morgan fingerprint density at radius 3 is 2.68 bits per heavy atom. The molecule has 0 aliphatic carbocycles. The first-order valence-corrected chi connectivity index (χ1v) is 7.90. The average Bonchev–Trinajstić information content (AvgIpc) is 2.72. The van der Waals surface area contributed by atoms with Crippen LogP contribution in [0.1, 0.15) is 26.2 Å². The van der Waals surface area contributed by atoms with Crippen LogP contribution in [0.2, 0.25) is 0 Å². The molecule has 7 nitrogen and oxygen atoms in total. The maximum absolute atomic E-state index is 12.4. The van der Waals surface area contributed by atoms with Crippen LogP contribution in [0.25, 0.3) is 0 Å². The first-order valence-electron chi connectivity index (χ1n) is 6.46. The molecule has 1 aliphatic rings. The third-order valence-electron chi connectivity index (χ3n) is 3.25. The molecule has 2 heterocycles. The van der Waals surface area contributed by atoms with Gasteiger partial charge in [0, 0.05) is 25.8 Å². The summed E-state index contributed by atoms with van der Waals surface area (Å²) >= 11 is 0.